The molecule has 0 unspecified atom stereocenters. The lowest BCUT2D eigenvalue weighted by Crippen LogP contribution is -2.46. The average Bonchev–Trinajstić information content (AvgIpc) is 2.85. The molecule has 0 bridgehead atoms. The minimum atomic E-state index is -0.383. The number of carbonyl (C=O) groups is 2. The van der Waals surface area contributed by atoms with Gasteiger partial charge < -0.3 is 9.80 Å². The Bertz CT molecular complexity index is 510. The van der Waals surface area contributed by atoms with Crippen LogP contribution in [0.1, 0.15) is 10.4 Å². The summed E-state index contributed by atoms with van der Waals surface area (Å²) in [5.74, 6) is 0.986. The molecule has 0 aromatic carbocycles. The van der Waals surface area contributed by atoms with Crippen molar-refractivity contribution in [1.29, 1.82) is 0 Å². The summed E-state index contributed by atoms with van der Waals surface area (Å²) < 4.78 is 0.751. The molecule has 1 fully saturated rings. The molecular weight excluding hydrogens is 330 g/mol. The van der Waals surface area contributed by atoms with E-state index in [2.05, 4.69) is 20.9 Å². The summed E-state index contributed by atoms with van der Waals surface area (Å²) in [6, 6.07) is 1.33. The Kier molecular flexibility index (Phi) is 4.46. The van der Waals surface area contributed by atoms with E-state index in [0.29, 0.717) is 17.2 Å². The predicted molar refractivity (Wildman–Crippen MR) is 77.9 cm³/mol. The molecule has 1 aromatic rings. The second kappa shape index (κ2) is 5.92. The number of thioether (sulfide) groups is 1. The van der Waals surface area contributed by atoms with Gasteiger partial charge in [0.25, 0.3) is 5.91 Å². The maximum Gasteiger partial charge on any atom is 0.256 e. The topological polar surface area (TPSA) is 53.5 Å². The maximum absolute atomic E-state index is 12.4. The van der Waals surface area contributed by atoms with E-state index in [9.17, 15) is 9.59 Å². The van der Waals surface area contributed by atoms with E-state index in [1.165, 1.54) is 11.1 Å². The van der Waals surface area contributed by atoms with Crippen molar-refractivity contribution in [2.45, 2.75) is 6.04 Å². The Labute approximate surface area is 124 Å². The fourth-order valence-electron chi connectivity index (χ4n) is 1.84. The predicted octanol–water partition coefficient (Wildman–Crippen LogP) is 1.45. The molecule has 2 rings (SSSR count). The summed E-state index contributed by atoms with van der Waals surface area (Å²) in [6.07, 6.45) is 3.14. The standard InChI is InChI=1S/C12H14BrN3O2S/c1-15(2)12(18)10-6-19-7-16(10)11(17)8-3-9(13)5-14-4-8/h3-5,10H,6-7H2,1-2H3/t10-/m1/s1. The van der Waals surface area contributed by atoms with Gasteiger partial charge in [0, 0.05) is 36.7 Å². The summed E-state index contributed by atoms with van der Waals surface area (Å²) in [6.45, 7) is 0. The number of aromatic nitrogens is 1. The number of hydrogen-bond donors (Lipinski definition) is 0. The van der Waals surface area contributed by atoms with Gasteiger partial charge in [-0.3, -0.25) is 14.6 Å². The summed E-state index contributed by atoms with van der Waals surface area (Å²) in [5, 5.41) is 0. The first-order valence-corrected chi connectivity index (χ1v) is 7.66. The van der Waals surface area contributed by atoms with Crippen LogP contribution in [0.3, 0.4) is 0 Å². The van der Waals surface area contributed by atoms with E-state index in [0.717, 1.165) is 4.47 Å². The smallest absolute Gasteiger partial charge is 0.256 e. The number of carbonyl (C=O) groups excluding carboxylic acids is 2. The SMILES string of the molecule is CN(C)C(=O)[C@H]1CSCN1C(=O)c1cncc(Br)c1. The zero-order valence-electron chi connectivity index (χ0n) is 10.7. The van der Waals surface area contributed by atoms with Gasteiger partial charge in [-0.05, 0) is 22.0 Å². The average molecular weight is 344 g/mol. The third kappa shape index (κ3) is 3.09. The summed E-state index contributed by atoms with van der Waals surface area (Å²) in [4.78, 5) is 31.6. The van der Waals surface area contributed by atoms with Crippen LogP contribution in [0.15, 0.2) is 22.9 Å². The Morgan fingerprint density at radius 1 is 1.47 bits per heavy atom. The van der Waals surface area contributed by atoms with Crippen molar-refractivity contribution in [2.24, 2.45) is 0 Å². The minimum absolute atomic E-state index is 0.0405. The van der Waals surface area contributed by atoms with E-state index in [-0.39, 0.29) is 17.9 Å². The Balaban J connectivity index is 2.21. The van der Waals surface area contributed by atoms with Crippen LogP contribution in [0.5, 0.6) is 0 Å². The van der Waals surface area contributed by atoms with E-state index in [1.807, 2.05) is 0 Å². The van der Waals surface area contributed by atoms with Crippen molar-refractivity contribution >= 4 is 39.5 Å². The molecular formula is C12H14BrN3O2S. The molecule has 19 heavy (non-hydrogen) atoms. The zero-order chi connectivity index (χ0) is 14.0. The normalized spacial score (nSPS) is 18.5. The van der Waals surface area contributed by atoms with Crippen LogP contribution in [-0.2, 0) is 4.79 Å². The van der Waals surface area contributed by atoms with Crippen LogP contribution in [0.25, 0.3) is 0 Å². The molecule has 1 atom stereocenters. The zero-order valence-corrected chi connectivity index (χ0v) is 13.1. The van der Waals surface area contributed by atoms with Crippen molar-refractivity contribution in [3.8, 4) is 0 Å². The lowest BCUT2D eigenvalue weighted by atomic mass is 10.2. The molecule has 2 amide bonds. The molecule has 0 radical (unpaired) electrons. The van der Waals surface area contributed by atoms with Crippen LogP contribution in [-0.4, -0.2) is 58.4 Å². The first-order chi connectivity index (χ1) is 9.00. The Hall–Kier alpha value is -1.08. The van der Waals surface area contributed by atoms with E-state index in [1.54, 1.807) is 43.0 Å². The van der Waals surface area contributed by atoms with Gasteiger partial charge in [-0.15, -0.1) is 11.8 Å². The third-order valence-corrected chi connectivity index (χ3v) is 4.27. The molecule has 102 valence electrons. The number of amides is 2. The molecule has 1 aliphatic heterocycles. The number of nitrogens with zero attached hydrogens (tertiary/aromatic N) is 3. The first kappa shape index (κ1) is 14.3. The molecule has 5 nitrogen and oxygen atoms in total. The largest absolute Gasteiger partial charge is 0.347 e. The monoisotopic (exact) mass is 343 g/mol. The molecule has 1 saturated heterocycles. The number of hydrogen-bond acceptors (Lipinski definition) is 4. The third-order valence-electron chi connectivity index (χ3n) is 2.82. The van der Waals surface area contributed by atoms with E-state index < -0.39 is 0 Å². The molecule has 7 heteroatoms. The van der Waals surface area contributed by atoms with Crippen molar-refractivity contribution in [3.05, 3.63) is 28.5 Å². The van der Waals surface area contributed by atoms with Crippen LogP contribution in [0, 0.1) is 0 Å². The van der Waals surface area contributed by atoms with Crippen LogP contribution in [0.4, 0.5) is 0 Å². The molecule has 0 N–H and O–H groups in total. The lowest BCUT2D eigenvalue weighted by molar-refractivity contribution is -0.132. The van der Waals surface area contributed by atoms with Gasteiger partial charge in [0.15, 0.2) is 0 Å². The van der Waals surface area contributed by atoms with Crippen molar-refractivity contribution < 1.29 is 9.59 Å². The van der Waals surface area contributed by atoms with Gasteiger partial charge in [-0.25, -0.2) is 0 Å². The highest BCUT2D eigenvalue weighted by Crippen LogP contribution is 2.24. The first-order valence-electron chi connectivity index (χ1n) is 5.71. The fraction of sp³-hybridized carbons (Fsp3) is 0.417. The summed E-state index contributed by atoms with van der Waals surface area (Å²) in [7, 11) is 3.41. The van der Waals surface area contributed by atoms with Crippen molar-refractivity contribution in [1.82, 2.24) is 14.8 Å². The second-order valence-electron chi connectivity index (χ2n) is 4.42. The highest BCUT2D eigenvalue weighted by molar-refractivity contribution is 9.10. The van der Waals surface area contributed by atoms with Crippen molar-refractivity contribution in [2.75, 3.05) is 25.7 Å². The highest BCUT2D eigenvalue weighted by Gasteiger charge is 2.35. The molecule has 2 heterocycles. The fourth-order valence-corrected chi connectivity index (χ4v) is 3.35. The molecule has 0 saturated carbocycles. The maximum atomic E-state index is 12.4. The van der Waals surface area contributed by atoms with E-state index >= 15 is 0 Å². The van der Waals surface area contributed by atoms with Crippen LogP contribution >= 0.6 is 27.7 Å². The second-order valence-corrected chi connectivity index (χ2v) is 6.33. The molecule has 1 aliphatic rings. The Morgan fingerprint density at radius 2 is 2.21 bits per heavy atom. The summed E-state index contributed by atoms with van der Waals surface area (Å²) >= 11 is 4.88. The number of likely N-dealkylation sites (N-methyl/N-ethyl adjacent to an activating group) is 1. The van der Waals surface area contributed by atoms with Crippen LogP contribution < -0.4 is 0 Å². The number of rotatable bonds is 2. The van der Waals surface area contributed by atoms with Gasteiger partial charge in [-0.2, -0.15) is 0 Å². The number of halogens is 1. The molecule has 0 spiro atoms. The quantitative estimate of drug-likeness (QED) is 0.815. The van der Waals surface area contributed by atoms with Gasteiger partial charge >= 0.3 is 0 Å². The van der Waals surface area contributed by atoms with Gasteiger partial charge in [0.2, 0.25) is 5.91 Å². The summed E-state index contributed by atoms with van der Waals surface area (Å²) in [5.41, 5.74) is 0.494. The highest BCUT2D eigenvalue weighted by atomic mass is 79.9. The van der Waals surface area contributed by atoms with Gasteiger partial charge in [0.05, 0.1) is 11.4 Å². The lowest BCUT2D eigenvalue weighted by Gasteiger charge is -2.25. The van der Waals surface area contributed by atoms with E-state index in [4.69, 9.17) is 0 Å². The number of pyridine rings is 1. The Morgan fingerprint density at radius 3 is 2.84 bits per heavy atom. The van der Waals surface area contributed by atoms with Gasteiger partial charge in [0.1, 0.15) is 6.04 Å². The molecule has 0 aliphatic carbocycles. The minimum Gasteiger partial charge on any atom is -0.347 e. The molecule has 1 aromatic heterocycles. The van der Waals surface area contributed by atoms with Gasteiger partial charge in [-0.1, -0.05) is 0 Å². The van der Waals surface area contributed by atoms with Crippen LogP contribution in [0.2, 0.25) is 0 Å². The van der Waals surface area contributed by atoms with Crippen molar-refractivity contribution in [3.63, 3.8) is 0 Å².